The molecular formula is C28H26ClN5O4S. The van der Waals surface area contributed by atoms with Crippen molar-refractivity contribution in [3.63, 3.8) is 0 Å². The lowest BCUT2D eigenvalue weighted by atomic mass is 9.96. The van der Waals surface area contributed by atoms with Gasteiger partial charge in [0.05, 0.1) is 28.7 Å². The predicted octanol–water partition coefficient (Wildman–Crippen LogP) is 5.37. The number of carbonyl (C=O) groups is 3. The molecule has 1 N–H and O–H groups in total. The molecule has 11 heteroatoms. The van der Waals surface area contributed by atoms with Crippen LogP contribution in [0.15, 0.2) is 72.3 Å². The fraction of sp³-hybridized carbons (Fsp3) is 0.214. The van der Waals surface area contributed by atoms with Crippen LogP contribution in [0.3, 0.4) is 0 Å². The first-order valence-electron chi connectivity index (χ1n) is 12.0. The summed E-state index contributed by atoms with van der Waals surface area (Å²) in [6.07, 6.45) is 3.98. The Kier molecular flexibility index (Phi) is 8.08. The van der Waals surface area contributed by atoms with Crippen LogP contribution in [0.4, 0.5) is 5.82 Å². The van der Waals surface area contributed by atoms with Gasteiger partial charge in [-0.25, -0.2) is 0 Å². The minimum Gasteiger partial charge on any atom is -0.365 e. The molecule has 0 fully saturated rings. The number of anilines is 1. The number of carbonyl (C=O) groups excluding carboxylic acids is 3. The summed E-state index contributed by atoms with van der Waals surface area (Å²) in [7, 11) is 0. The molecule has 4 aromatic rings. The quantitative estimate of drug-likeness (QED) is 0.215. The first kappa shape index (κ1) is 27.9. The van der Waals surface area contributed by atoms with Gasteiger partial charge in [0.15, 0.2) is 11.6 Å². The van der Waals surface area contributed by atoms with E-state index in [0.29, 0.717) is 22.3 Å². The number of hydrogen-bond donors (Lipinski definition) is 1. The highest BCUT2D eigenvalue weighted by molar-refractivity contribution is 7.16. The zero-order valence-corrected chi connectivity index (χ0v) is 23.2. The van der Waals surface area contributed by atoms with E-state index in [1.54, 1.807) is 45.0 Å². The van der Waals surface area contributed by atoms with Gasteiger partial charge in [-0.05, 0) is 42.5 Å². The van der Waals surface area contributed by atoms with Crippen molar-refractivity contribution in [3.8, 4) is 11.4 Å². The Morgan fingerprint density at radius 3 is 2.54 bits per heavy atom. The lowest BCUT2D eigenvalue weighted by Crippen LogP contribution is -2.30. The van der Waals surface area contributed by atoms with Gasteiger partial charge in [-0.15, -0.1) is 11.3 Å². The van der Waals surface area contributed by atoms with Crippen molar-refractivity contribution in [1.82, 2.24) is 19.3 Å². The van der Waals surface area contributed by atoms with Crippen molar-refractivity contribution in [1.29, 1.82) is 0 Å². The van der Waals surface area contributed by atoms with Crippen LogP contribution in [0.1, 0.15) is 51.2 Å². The number of nitrogens with one attached hydrogen (secondary N) is 1. The third-order valence-electron chi connectivity index (χ3n) is 5.79. The monoisotopic (exact) mass is 563 g/mol. The summed E-state index contributed by atoms with van der Waals surface area (Å²) in [5.41, 5.74) is -0.725. The Morgan fingerprint density at radius 1 is 1.15 bits per heavy atom. The van der Waals surface area contributed by atoms with Crippen LogP contribution < -0.4 is 10.9 Å². The number of pyridine rings is 2. The lowest BCUT2D eigenvalue weighted by molar-refractivity contribution is 0.0751. The molecule has 0 radical (unpaired) electrons. The molecule has 0 atom stereocenters. The number of thiophene rings is 1. The van der Waals surface area contributed by atoms with Crippen molar-refractivity contribution in [3.05, 3.63) is 98.2 Å². The van der Waals surface area contributed by atoms with Gasteiger partial charge >= 0.3 is 0 Å². The highest BCUT2D eigenvalue weighted by Crippen LogP contribution is 2.28. The van der Waals surface area contributed by atoms with Crippen molar-refractivity contribution in [2.24, 2.45) is 5.41 Å². The second-order valence-electron chi connectivity index (χ2n) is 9.70. The molecule has 0 aliphatic heterocycles. The first-order valence-corrected chi connectivity index (χ1v) is 13.2. The van der Waals surface area contributed by atoms with E-state index in [0.717, 1.165) is 11.0 Å². The van der Waals surface area contributed by atoms with E-state index >= 15 is 0 Å². The van der Waals surface area contributed by atoms with Crippen LogP contribution >= 0.6 is 22.9 Å². The number of halogens is 1. The standard InChI is InChI=1S/C28H26ClN5O4S/c1-5-22(35)19-9-10-21(33(26(19)37)16-23(36)17-7-6-12-30-14-17)20-13-25(31-15-18-8-11-24(29)39-18)34(32-20)27(38)28(2,3)4/h5-14,31H,1,15-16H2,2-4H3. The third-order valence-corrected chi connectivity index (χ3v) is 7.02. The highest BCUT2D eigenvalue weighted by Gasteiger charge is 2.28. The van der Waals surface area contributed by atoms with Gasteiger partial charge in [0.1, 0.15) is 11.5 Å². The van der Waals surface area contributed by atoms with Crippen molar-refractivity contribution >= 4 is 46.2 Å². The SMILES string of the molecule is C=CC(=O)c1ccc(-c2cc(NCc3ccc(Cl)s3)n(C(=O)C(C)(C)C)n2)n(CC(=O)c2cccnc2)c1=O. The van der Waals surface area contributed by atoms with Crippen molar-refractivity contribution in [2.45, 2.75) is 33.9 Å². The molecule has 0 bridgehead atoms. The molecule has 0 spiro atoms. The maximum Gasteiger partial charge on any atom is 0.262 e. The van der Waals surface area contributed by atoms with Gasteiger partial charge in [-0.1, -0.05) is 39.0 Å². The number of ketones is 2. The molecule has 0 aliphatic rings. The molecule has 0 unspecified atom stereocenters. The molecular weight excluding hydrogens is 538 g/mol. The Labute approximate surface area is 233 Å². The normalized spacial score (nSPS) is 11.3. The topological polar surface area (TPSA) is 116 Å². The maximum atomic E-state index is 13.4. The van der Waals surface area contributed by atoms with E-state index in [4.69, 9.17) is 11.6 Å². The largest absolute Gasteiger partial charge is 0.365 e. The Balaban J connectivity index is 1.83. The van der Waals surface area contributed by atoms with Gasteiger partial charge in [0.25, 0.3) is 11.5 Å². The molecule has 4 heterocycles. The minimum absolute atomic E-state index is 0.133. The van der Waals surface area contributed by atoms with Gasteiger partial charge in [-0.2, -0.15) is 9.78 Å². The van der Waals surface area contributed by atoms with Gasteiger partial charge in [0, 0.05) is 34.3 Å². The van der Waals surface area contributed by atoms with Gasteiger partial charge < -0.3 is 5.32 Å². The van der Waals surface area contributed by atoms with Crippen LogP contribution in [0.2, 0.25) is 4.34 Å². The van der Waals surface area contributed by atoms with Crippen LogP contribution in [0.5, 0.6) is 0 Å². The van der Waals surface area contributed by atoms with Crippen LogP contribution in [-0.4, -0.2) is 36.8 Å². The maximum absolute atomic E-state index is 13.4. The number of Topliss-reactive ketones (excluding diaryl/α,β-unsaturated/α-hetero) is 1. The Bertz CT molecular complexity index is 1630. The summed E-state index contributed by atoms with van der Waals surface area (Å²) in [5, 5.41) is 7.76. The summed E-state index contributed by atoms with van der Waals surface area (Å²) >= 11 is 7.46. The highest BCUT2D eigenvalue weighted by atomic mass is 35.5. The summed E-state index contributed by atoms with van der Waals surface area (Å²) in [6, 6.07) is 11.4. The number of hydrogen-bond acceptors (Lipinski definition) is 8. The van der Waals surface area contributed by atoms with E-state index in [1.807, 2.05) is 6.07 Å². The number of allylic oxidation sites excluding steroid dienone is 1. The Hall–Kier alpha value is -4.15. The lowest BCUT2D eigenvalue weighted by Gasteiger charge is -2.18. The van der Waals surface area contributed by atoms with E-state index in [1.165, 1.54) is 45.1 Å². The van der Waals surface area contributed by atoms with E-state index in [2.05, 4.69) is 22.0 Å². The molecule has 0 saturated heterocycles. The first-order chi connectivity index (χ1) is 18.5. The summed E-state index contributed by atoms with van der Waals surface area (Å²) < 4.78 is 3.08. The van der Waals surface area contributed by atoms with E-state index in [-0.39, 0.29) is 35.2 Å². The average Bonchev–Trinajstić information content (AvgIpc) is 3.53. The second-order valence-corrected chi connectivity index (χ2v) is 11.5. The van der Waals surface area contributed by atoms with Gasteiger partial charge in [0.2, 0.25) is 0 Å². The van der Waals surface area contributed by atoms with Crippen molar-refractivity contribution < 1.29 is 14.4 Å². The number of aromatic nitrogens is 4. The minimum atomic E-state index is -0.762. The zero-order valence-electron chi connectivity index (χ0n) is 21.6. The summed E-state index contributed by atoms with van der Waals surface area (Å²) in [5.74, 6) is -0.829. The number of rotatable bonds is 9. The molecule has 9 nitrogen and oxygen atoms in total. The van der Waals surface area contributed by atoms with Crippen molar-refractivity contribution in [2.75, 3.05) is 5.32 Å². The average molecular weight is 564 g/mol. The molecule has 4 rings (SSSR count). The fourth-order valence-electron chi connectivity index (χ4n) is 3.75. The molecule has 39 heavy (non-hydrogen) atoms. The molecule has 200 valence electrons. The second kappa shape index (κ2) is 11.3. The van der Waals surface area contributed by atoms with E-state index < -0.39 is 16.8 Å². The molecule has 0 aliphatic carbocycles. The molecule has 0 amide bonds. The molecule has 0 saturated carbocycles. The number of nitrogens with zero attached hydrogens (tertiary/aromatic N) is 4. The van der Waals surface area contributed by atoms with Crippen LogP contribution in [0, 0.1) is 5.41 Å². The summed E-state index contributed by atoms with van der Waals surface area (Å²) in [6.45, 7) is 8.81. The fourth-order valence-corrected chi connectivity index (χ4v) is 4.78. The molecule has 4 aromatic heterocycles. The predicted molar refractivity (Wildman–Crippen MR) is 152 cm³/mol. The smallest absolute Gasteiger partial charge is 0.262 e. The Morgan fingerprint density at radius 2 is 1.92 bits per heavy atom. The van der Waals surface area contributed by atoms with Gasteiger partial charge in [-0.3, -0.25) is 28.7 Å². The van der Waals surface area contributed by atoms with E-state index in [9.17, 15) is 19.2 Å². The summed E-state index contributed by atoms with van der Waals surface area (Å²) in [4.78, 5) is 57.1. The van der Waals surface area contributed by atoms with Crippen LogP contribution in [-0.2, 0) is 13.1 Å². The third kappa shape index (κ3) is 6.13. The molecule has 0 aromatic carbocycles. The van der Waals surface area contributed by atoms with Crippen LogP contribution in [0.25, 0.3) is 11.4 Å². The zero-order chi connectivity index (χ0) is 28.3.